The van der Waals surface area contributed by atoms with E-state index in [0.717, 1.165) is 12.1 Å². The summed E-state index contributed by atoms with van der Waals surface area (Å²) in [5.41, 5.74) is 0.456. The molecule has 100 valence electrons. The van der Waals surface area contributed by atoms with Crippen molar-refractivity contribution in [2.45, 2.75) is 25.3 Å². The number of fused-ring (bicyclic) bond motifs is 1. The molecule has 1 atom stereocenters. The van der Waals surface area contributed by atoms with Crippen LogP contribution in [0.4, 0.5) is 13.2 Å². The number of alkyl halides is 2. The van der Waals surface area contributed by atoms with E-state index in [2.05, 4.69) is 0 Å². The van der Waals surface area contributed by atoms with E-state index in [1.54, 1.807) is 4.72 Å². The van der Waals surface area contributed by atoms with Gasteiger partial charge in [-0.1, -0.05) is 0 Å². The van der Waals surface area contributed by atoms with Crippen molar-refractivity contribution in [1.29, 1.82) is 0 Å². The van der Waals surface area contributed by atoms with E-state index < -0.39 is 34.4 Å². The molecule has 18 heavy (non-hydrogen) atoms. The van der Waals surface area contributed by atoms with Gasteiger partial charge in [-0.25, -0.2) is 18.3 Å². The number of rotatable bonds is 2. The molecule has 1 aromatic rings. The van der Waals surface area contributed by atoms with E-state index >= 15 is 0 Å². The molecule has 0 bridgehead atoms. The molecule has 1 aliphatic rings. The third-order valence-electron chi connectivity index (χ3n) is 2.86. The Labute approximate surface area is 102 Å². The van der Waals surface area contributed by atoms with E-state index in [-0.39, 0.29) is 16.7 Å². The van der Waals surface area contributed by atoms with Crippen molar-refractivity contribution in [2.24, 2.45) is 5.14 Å². The van der Waals surface area contributed by atoms with Crippen LogP contribution < -0.4 is 9.86 Å². The maximum Gasteiger partial charge on any atom is 0.275 e. The van der Waals surface area contributed by atoms with Crippen molar-refractivity contribution >= 4 is 10.2 Å². The lowest BCUT2D eigenvalue weighted by Crippen LogP contribution is -2.41. The van der Waals surface area contributed by atoms with Crippen molar-refractivity contribution < 1.29 is 21.6 Å². The Bertz CT molecular complexity index is 601. The molecule has 0 spiro atoms. The first-order chi connectivity index (χ1) is 8.10. The number of halogens is 3. The Balaban J connectivity index is 2.55. The van der Waals surface area contributed by atoms with Gasteiger partial charge in [-0.2, -0.15) is 13.1 Å². The fourth-order valence-corrected chi connectivity index (χ4v) is 2.88. The minimum Gasteiger partial charge on any atom is -0.216 e. The zero-order valence-electron chi connectivity index (χ0n) is 9.38. The molecule has 0 aromatic heterocycles. The number of nitrogens with one attached hydrogen (secondary N) is 1. The molecule has 0 saturated carbocycles. The van der Waals surface area contributed by atoms with Crippen LogP contribution in [-0.2, 0) is 16.6 Å². The first-order valence-electron chi connectivity index (χ1n) is 5.07. The zero-order chi connectivity index (χ0) is 13.7. The van der Waals surface area contributed by atoms with E-state index in [1.807, 2.05) is 0 Å². The summed E-state index contributed by atoms with van der Waals surface area (Å²) in [6.07, 6.45) is -0.714. The van der Waals surface area contributed by atoms with Gasteiger partial charge in [-0.05, 0) is 35.7 Å². The maximum absolute atomic E-state index is 13.7. The minimum absolute atomic E-state index is 0.0930. The summed E-state index contributed by atoms with van der Waals surface area (Å²) >= 11 is 0. The van der Waals surface area contributed by atoms with Crippen LogP contribution in [0.2, 0.25) is 0 Å². The fraction of sp³-hybridized carbons (Fsp3) is 0.400. The molecular formula is C10H11F3N2O2S. The summed E-state index contributed by atoms with van der Waals surface area (Å²) in [4.78, 5) is 0. The maximum atomic E-state index is 13.7. The van der Waals surface area contributed by atoms with Crippen LogP contribution >= 0.6 is 0 Å². The van der Waals surface area contributed by atoms with E-state index in [4.69, 9.17) is 5.14 Å². The minimum atomic E-state index is -4.27. The first kappa shape index (κ1) is 13.3. The van der Waals surface area contributed by atoms with Gasteiger partial charge in [-0.3, -0.25) is 0 Å². The second-order valence-electron chi connectivity index (χ2n) is 4.33. The monoisotopic (exact) mass is 280 g/mol. The molecule has 8 heteroatoms. The number of nitrogens with two attached hydrogens (primary N) is 1. The molecule has 4 nitrogen and oxygen atoms in total. The van der Waals surface area contributed by atoms with Gasteiger partial charge in [0.25, 0.3) is 16.1 Å². The molecule has 0 unspecified atom stereocenters. The van der Waals surface area contributed by atoms with Crippen LogP contribution in [-0.4, -0.2) is 14.3 Å². The lowest BCUT2D eigenvalue weighted by Gasteiger charge is -2.20. The lowest BCUT2D eigenvalue weighted by molar-refractivity contribution is -0.0188. The molecular weight excluding hydrogens is 269 g/mol. The average Bonchev–Trinajstić information content (AvgIpc) is 2.34. The Morgan fingerprint density at radius 3 is 2.61 bits per heavy atom. The van der Waals surface area contributed by atoms with Crippen molar-refractivity contribution in [3.8, 4) is 0 Å². The van der Waals surface area contributed by atoms with E-state index in [0.29, 0.717) is 0 Å². The van der Waals surface area contributed by atoms with Crippen molar-refractivity contribution in [3.05, 3.63) is 34.6 Å². The van der Waals surface area contributed by atoms with Crippen molar-refractivity contribution in [1.82, 2.24) is 4.72 Å². The van der Waals surface area contributed by atoms with Crippen LogP contribution in [0.25, 0.3) is 0 Å². The summed E-state index contributed by atoms with van der Waals surface area (Å²) in [6, 6.07) is 0.321. The van der Waals surface area contributed by atoms with E-state index in [1.165, 1.54) is 6.92 Å². The smallest absolute Gasteiger partial charge is 0.216 e. The quantitative estimate of drug-likeness (QED) is 0.853. The van der Waals surface area contributed by atoms with Crippen LogP contribution in [0, 0.1) is 12.7 Å². The Morgan fingerprint density at radius 1 is 1.44 bits per heavy atom. The third kappa shape index (κ3) is 2.36. The van der Waals surface area contributed by atoms with Crippen molar-refractivity contribution in [2.75, 3.05) is 0 Å². The Morgan fingerprint density at radius 2 is 2.06 bits per heavy atom. The second-order valence-corrected chi connectivity index (χ2v) is 5.65. The fourth-order valence-electron chi connectivity index (χ4n) is 2.26. The largest absolute Gasteiger partial charge is 0.275 e. The van der Waals surface area contributed by atoms with Gasteiger partial charge >= 0.3 is 0 Å². The van der Waals surface area contributed by atoms with Gasteiger partial charge in [0.2, 0.25) is 0 Å². The summed E-state index contributed by atoms with van der Waals surface area (Å²) in [7, 11) is -4.27. The highest BCUT2D eigenvalue weighted by atomic mass is 32.2. The van der Waals surface area contributed by atoms with Gasteiger partial charge < -0.3 is 0 Å². The van der Waals surface area contributed by atoms with Gasteiger partial charge in [-0.15, -0.1) is 0 Å². The first-order valence-corrected chi connectivity index (χ1v) is 6.61. The van der Waals surface area contributed by atoms with Gasteiger partial charge in [0.05, 0.1) is 0 Å². The standard InChI is InChI=1S/C10H11F3N2O2S/c1-5-2-7(11)3-6-4-10(12,13)9(8(5)6)15-18(14,16)17/h2-3,9,15H,4H2,1H3,(H2,14,16,17)/t9-/m0/s1. The Hall–Kier alpha value is -1.12. The van der Waals surface area contributed by atoms with Crippen LogP contribution in [0.5, 0.6) is 0 Å². The normalized spacial score (nSPS) is 21.9. The average molecular weight is 280 g/mol. The highest BCUT2D eigenvalue weighted by Gasteiger charge is 2.49. The molecule has 0 heterocycles. The molecule has 0 saturated heterocycles. The van der Waals surface area contributed by atoms with Gasteiger partial charge in [0.1, 0.15) is 11.9 Å². The molecule has 1 aromatic carbocycles. The summed E-state index contributed by atoms with van der Waals surface area (Å²) in [5.74, 6) is -3.95. The molecule has 0 amide bonds. The van der Waals surface area contributed by atoms with Gasteiger partial charge in [0, 0.05) is 6.42 Å². The molecule has 0 radical (unpaired) electrons. The summed E-state index contributed by atoms with van der Waals surface area (Å²) in [6.45, 7) is 1.45. The molecule has 1 aliphatic carbocycles. The van der Waals surface area contributed by atoms with E-state index in [9.17, 15) is 21.6 Å². The number of hydrogen-bond donors (Lipinski definition) is 2. The number of benzene rings is 1. The predicted octanol–water partition coefficient (Wildman–Crippen LogP) is 1.16. The van der Waals surface area contributed by atoms with Crippen molar-refractivity contribution in [3.63, 3.8) is 0 Å². The summed E-state index contributed by atoms with van der Waals surface area (Å²) < 4.78 is 64.2. The number of hydrogen-bond acceptors (Lipinski definition) is 2. The number of aryl methyl sites for hydroxylation is 1. The highest BCUT2D eigenvalue weighted by Crippen LogP contribution is 2.45. The third-order valence-corrected chi connectivity index (χ3v) is 3.42. The molecule has 0 fully saturated rings. The van der Waals surface area contributed by atoms with Crippen LogP contribution in [0.1, 0.15) is 22.7 Å². The second kappa shape index (κ2) is 3.94. The van der Waals surface area contributed by atoms with Crippen LogP contribution in [0.3, 0.4) is 0 Å². The van der Waals surface area contributed by atoms with Crippen LogP contribution in [0.15, 0.2) is 12.1 Å². The molecule has 2 rings (SSSR count). The SMILES string of the molecule is Cc1cc(F)cc2c1[C@H](NS(N)(=O)=O)C(F)(F)C2. The zero-order valence-corrected chi connectivity index (χ0v) is 10.2. The molecule has 3 N–H and O–H groups in total. The summed E-state index contributed by atoms with van der Waals surface area (Å²) in [5, 5.41) is 4.73. The lowest BCUT2D eigenvalue weighted by atomic mass is 10.0. The highest BCUT2D eigenvalue weighted by molar-refractivity contribution is 7.87. The Kier molecular flexibility index (Phi) is 2.91. The molecule has 0 aliphatic heterocycles. The van der Waals surface area contributed by atoms with Gasteiger partial charge in [0.15, 0.2) is 0 Å². The predicted molar refractivity (Wildman–Crippen MR) is 58.8 cm³/mol. The topological polar surface area (TPSA) is 72.2 Å².